The molecule has 1 saturated heterocycles. The summed E-state index contributed by atoms with van der Waals surface area (Å²) in [6.07, 6.45) is 10.9. The SMILES string of the molecule is CNC1CCCc2sc(N3CCCC4CCCC43)nc21. The van der Waals surface area contributed by atoms with Crippen molar-refractivity contribution in [3.05, 3.63) is 10.6 Å². The molecule has 3 unspecified atom stereocenters. The van der Waals surface area contributed by atoms with E-state index in [2.05, 4.69) is 17.3 Å². The molecule has 2 heterocycles. The number of hydrogen-bond acceptors (Lipinski definition) is 4. The maximum Gasteiger partial charge on any atom is 0.186 e. The van der Waals surface area contributed by atoms with Gasteiger partial charge in [0.05, 0.1) is 11.7 Å². The number of thiazole rings is 1. The third kappa shape index (κ3) is 2.08. The van der Waals surface area contributed by atoms with Crippen LogP contribution >= 0.6 is 11.3 Å². The first kappa shape index (κ1) is 13.1. The zero-order valence-electron chi connectivity index (χ0n) is 12.4. The normalized spacial score (nSPS) is 33.0. The lowest BCUT2D eigenvalue weighted by molar-refractivity contribution is 0.362. The van der Waals surface area contributed by atoms with Gasteiger partial charge >= 0.3 is 0 Å². The van der Waals surface area contributed by atoms with Crippen LogP contribution in [0.2, 0.25) is 0 Å². The minimum atomic E-state index is 0.493. The molecule has 4 rings (SSSR count). The van der Waals surface area contributed by atoms with E-state index in [4.69, 9.17) is 4.98 Å². The van der Waals surface area contributed by atoms with Crippen LogP contribution in [0.25, 0.3) is 0 Å². The van der Waals surface area contributed by atoms with Gasteiger partial charge in [-0.2, -0.15) is 0 Å². The Balaban J connectivity index is 1.63. The number of anilines is 1. The predicted octanol–water partition coefficient (Wildman–Crippen LogP) is 3.51. The van der Waals surface area contributed by atoms with Crippen molar-refractivity contribution < 1.29 is 0 Å². The van der Waals surface area contributed by atoms with Crippen LogP contribution in [0.5, 0.6) is 0 Å². The minimum absolute atomic E-state index is 0.493. The highest BCUT2D eigenvalue weighted by molar-refractivity contribution is 7.15. The standard InChI is InChI=1S/C16H25N3S/c1-17-12-7-3-9-14-15(12)18-16(20-14)19-10-4-6-11-5-2-8-13(11)19/h11-13,17H,2-10H2,1H3. The first-order valence-electron chi connectivity index (χ1n) is 8.30. The van der Waals surface area contributed by atoms with Gasteiger partial charge in [-0.3, -0.25) is 0 Å². The van der Waals surface area contributed by atoms with Crippen molar-refractivity contribution in [2.75, 3.05) is 18.5 Å². The molecule has 3 atom stereocenters. The average Bonchev–Trinajstić information content (AvgIpc) is 3.12. The monoisotopic (exact) mass is 291 g/mol. The zero-order chi connectivity index (χ0) is 13.5. The third-order valence-electron chi connectivity index (χ3n) is 5.53. The van der Waals surface area contributed by atoms with Crippen LogP contribution < -0.4 is 10.2 Å². The Hall–Kier alpha value is -0.610. The van der Waals surface area contributed by atoms with E-state index in [0.717, 1.165) is 12.0 Å². The van der Waals surface area contributed by atoms with Gasteiger partial charge in [0.25, 0.3) is 0 Å². The van der Waals surface area contributed by atoms with Crippen molar-refractivity contribution in [1.82, 2.24) is 10.3 Å². The van der Waals surface area contributed by atoms with Crippen molar-refractivity contribution in [1.29, 1.82) is 0 Å². The minimum Gasteiger partial charge on any atom is -0.345 e. The van der Waals surface area contributed by atoms with Crippen molar-refractivity contribution >= 4 is 16.5 Å². The van der Waals surface area contributed by atoms with Gasteiger partial charge in [0.2, 0.25) is 0 Å². The number of hydrogen-bond donors (Lipinski definition) is 1. The second-order valence-electron chi connectivity index (χ2n) is 6.63. The first-order chi connectivity index (χ1) is 9.86. The first-order valence-corrected chi connectivity index (χ1v) is 9.12. The molecule has 1 saturated carbocycles. The molecule has 0 amide bonds. The lowest BCUT2D eigenvalue weighted by atomic mass is 9.92. The molecule has 110 valence electrons. The Morgan fingerprint density at radius 3 is 2.95 bits per heavy atom. The van der Waals surface area contributed by atoms with Gasteiger partial charge in [0, 0.05) is 17.5 Å². The van der Waals surface area contributed by atoms with Crippen LogP contribution in [0.15, 0.2) is 0 Å². The summed E-state index contributed by atoms with van der Waals surface area (Å²) in [7, 11) is 2.08. The van der Waals surface area contributed by atoms with Crippen LogP contribution in [-0.2, 0) is 6.42 Å². The molecular formula is C16H25N3S. The Bertz CT molecular complexity index is 484. The lowest BCUT2D eigenvalue weighted by Crippen LogP contribution is -2.42. The largest absolute Gasteiger partial charge is 0.345 e. The molecule has 1 aliphatic heterocycles. The molecule has 1 N–H and O–H groups in total. The summed E-state index contributed by atoms with van der Waals surface area (Å²) in [5.74, 6) is 0.949. The molecule has 0 radical (unpaired) electrons. The summed E-state index contributed by atoms with van der Waals surface area (Å²) in [5.41, 5.74) is 1.36. The molecule has 0 aromatic carbocycles. The van der Waals surface area contributed by atoms with Crippen LogP contribution in [0.3, 0.4) is 0 Å². The second kappa shape index (κ2) is 5.30. The van der Waals surface area contributed by atoms with Crippen molar-refractivity contribution in [3.63, 3.8) is 0 Å². The molecule has 0 spiro atoms. The number of aromatic nitrogens is 1. The van der Waals surface area contributed by atoms with E-state index in [9.17, 15) is 0 Å². The smallest absolute Gasteiger partial charge is 0.186 e. The molecule has 4 heteroatoms. The van der Waals surface area contributed by atoms with Crippen LogP contribution in [0, 0.1) is 5.92 Å². The molecule has 3 aliphatic rings. The fraction of sp³-hybridized carbons (Fsp3) is 0.812. The molecule has 20 heavy (non-hydrogen) atoms. The Kier molecular flexibility index (Phi) is 3.47. The fourth-order valence-electron chi connectivity index (χ4n) is 4.50. The number of piperidine rings is 1. The van der Waals surface area contributed by atoms with E-state index in [1.165, 1.54) is 68.7 Å². The van der Waals surface area contributed by atoms with Crippen LogP contribution in [0.1, 0.15) is 61.6 Å². The molecule has 3 nitrogen and oxygen atoms in total. The van der Waals surface area contributed by atoms with Gasteiger partial charge in [-0.15, -0.1) is 11.3 Å². The van der Waals surface area contributed by atoms with Crippen molar-refractivity contribution in [2.45, 2.75) is 63.5 Å². The summed E-state index contributed by atoms with van der Waals surface area (Å²) in [4.78, 5) is 9.28. The van der Waals surface area contributed by atoms with E-state index in [1.807, 2.05) is 11.3 Å². The number of nitrogens with one attached hydrogen (secondary N) is 1. The number of aryl methyl sites for hydroxylation is 1. The summed E-state index contributed by atoms with van der Waals surface area (Å²) in [6, 6.07) is 1.29. The zero-order valence-corrected chi connectivity index (χ0v) is 13.2. The Labute approximate surface area is 125 Å². The highest BCUT2D eigenvalue weighted by atomic mass is 32.1. The van der Waals surface area contributed by atoms with E-state index < -0.39 is 0 Å². The second-order valence-corrected chi connectivity index (χ2v) is 7.69. The molecule has 2 aliphatic carbocycles. The van der Waals surface area contributed by atoms with E-state index in [1.54, 1.807) is 4.88 Å². The highest BCUT2D eigenvalue weighted by Gasteiger charge is 2.37. The van der Waals surface area contributed by atoms with E-state index in [-0.39, 0.29) is 0 Å². The summed E-state index contributed by atoms with van der Waals surface area (Å²) in [6.45, 7) is 1.23. The Morgan fingerprint density at radius 2 is 2.05 bits per heavy atom. The average molecular weight is 291 g/mol. The van der Waals surface area contributed by atoms with Gasteiger partial charge in [-0.25, -0.2) is 4.98 Å². The highest BCUT2D eigenvalue weighted by Crippen LogP contribution is 2.43. The molecule has 2 fully saturated rings. The van der Waals surface area contributed by atoms with Gasteiger partial charge in [-0.1, -0.05) is 6.42 Å². The van der Waals surface area contributed by atoms with Crippen molar-refractivity contribution in [2.24, 2.45) is 5.92 Å². The maximum absolute atomic E-state index is 5.07. The summed E-state index contributed by atoms with van der Waals surface area (Å²) >= 11 is 1.98. The number of rotatable bonds is 2. The summed E-state index contributed by atoms with van der Waals surface area (Å²) < 4.78 is 0. The number of fused-ring (bicyclic) bond motifs is 2. The topological polar surface area (TPSA) is 28.2 Å². The molecule has 0 bridgehead atoms. The van der Waals surface area contributed by atoms with Crippen molar-refractivity contribution in [3.8, 4) is 0 Å². The Morgan fingerprint density at radius 1 is 1.15 bits per heavy atom. The van der Waals surface area contributed by atoms with Gasteiger partial charge < -0.3 is 10.2 Å². The van der Waals surface area contributed by atoms with Gasteiger partial charge in [-0.05, 0) is 57.9 Å². The number of nitrogens with zero attached hydrogens (tertiary/aromatic N) is 2. The fourth-order valence-corrected chi connectivity index (χ4v) is 5.75. The van der Waals surface area contributed by atoms with Crippen LogP contribution in [-0.4, -0.2) is 24.6 Å². The third-order valence-corrected chi connectivity index (χ3v) is 6.70. The van der Waals surface area contributed by atoms with E-state index >= 15 is 0 Å². The molecule has 1 aromatic heterocycles. The van der Waals surface area contributed by atoms with Gasteiger partial charge in [0.1, 0.15) is 0 Å². The maximum atomic E-state index is 5.07. The van der Waals surface area contributed by atoms with Crippen LogP contribution in [0.4, 0.5) is 5.13 Å². The molecule has 1 aromatic rings. The summed E-state index contributed by atoms with van der Waals surface area (Å²) in [5, 5.41) is 4.78. The lowest BCUT2D eigenvalue weighted by Gasteiger charge is -2.37. The van der Waals surface area contributed by atoms with Gasteiger partial charge in [0.15, 0.2) is 5.13 Å². The predicted molar refractivity (Wildman–Crippen MR) is 84.6 cm³/mol. The van der Waals surface area contributed by atoms with E-state index in [0.29, 0.717) is 6.04 Å². The molecular weight excluding hydrogens is 266 g/mol. The quantitative estimate of drug-likeness (QED) is 0.904.